The molecular weight excluding hydrogens is 344 g/mol. The highest BCUT2D eigenvalue weighted by molar-refractivity contribution is 5.96. The fraction of sp³-hybridized carbons (Fsp3) is 0.286. The summed E-state index contributed by atoms with van der Waals surface area (Å²) in [6.07, 6.45) is 1.88. The summed E-state index contributed by atoms with van der Waals surface area (Å²) >= 11 is 0. The minimum atomic E-state index is -0.411. The number of aromatic nitrogens is 1. The lowest BCUT2D eigenvalue weighted by atomic mass is 10.2. The van der Waals surface area contributed by atoms with E-state index in [0.717, 1.165) is 22.3 Å². The number of benzene rings is 2. The molecule has 6 heteroatoms. The van der Waals surface area contributed by atoms with Gasteiger partial charge in [-0.05, 0) is 44.2 Å². The summed E-state index contributed by atoms with van der Waals surface area (Å²) in [6.45, 7) is 4.40. The first kappa shape index (κ1) is 18.6. The minimum Gasteiger partial charge on any atom is -0.497 e. The van der Waals surface area contributed by atoms with E-state index in [2.05, 4.69) is 5.32 Å². The molecule has 0 radical (unpaired) electrons. The van der Waals surface area contributed by atoms with E-state index in [9.17, 15) is 4.79 Å². The van der Waals surface area contributed by atoms with Crippen molar-refractivity contribution in [3.63, 3.8) is 0 Å². The maximum atomic E-state index is 12.7. The van der Waals surface area contributed by atoms with Gasteiger partial charge in [0.05, 0.1) is 26.3 Å². The van der Waals surface area contributed by atoms with Crippen LogP contribution in [0.3, 0.4) is 0 Å². The van der Waals surface area contributed by atoms with Crippen LogP contribution in [0.15, 0.2) is 48.7 Å². The number of rotatable bonds is 7. The average Bonchev–Trinajstić information content (AvgIpc) is 3.12. The zero-order chi connectivity index (χ0) is 19.4. The van der Waals surface area contributed by atoms with Crippen LogP contribution < -0.4 is 19.5 Å². The number of carbonyl (C=O) groups excluding carboxylic acids is 1. The van der Waals surface area contributed by atoms with Crippen molar-refractivity contribution in [1.82, 2.24) is 4.57 Å². The molecule has 0 aliphatic carbocycles. The second-order valence-electron chi connectivity index (χ2n) is 6.11. The van der Waals surface area contributed by atoms with Crippen molar-refractivity contribution in [2.24, 2.45) is 0 Å². The number of carbonyl (C=O) groups is 1. The van der Waals surface area contributed by atoms with Crippen molar-refractivity contribution in [2.45, 2.75) is 19.9 Å². The number of methoxy groups -OCH3 is 2. The largest absolute Gasteiger partial charge is 0.497 e. The first-order valence-electron chi connectivity index (χ1n) is 8.83. The number of hydrogen-bond donors (Lipinski definition) is 1. The summed E-state index contributed by atoms with van der Waals surface area (Å²) in [5, 5.41) is 3.87. The summed E-state index contributed by atoms with van der Waals surface area (Å²) < 4.78 is 18.1. The van der Waals surface area contributed by atoms with Gasteiger partial charge in [0.25, 0.3) is 0 Å². The van der Waals surface area contributed by atoms with Gasteiger partial charge in [-0.15, -0.1) is 0 Å². The van der Waals surface area contributed by atoms with E-state index in [1.54, 1.807) is 14.2 Å². The molecule has 0 spiro atoms. The standard InChI is InChI=1S/C21H24N2O4/c1-5-27-16-8-6-15(7-9-16)22-21(24)14(2)23-11-10-18-19(23)12-17(25-3)13-20(18)26-4/h6-14H,5H2,1-4H3,(H,22,24). The zero-order valence-corrected chi connectivity index (χ0v) is 16.0. The molecule has 0 saturated heterocycles. The van der Waals surface area contributed by atoms with Gasteiger partial charge in [-0.2, -0.15) is 0 Å². The molecule has 142 valence electrons. The molecule has 1 aromatic heterocycles. The Bertz CT molecular complexity index is 931. The molecule has 0 aliphatic heterocycles. The number of ether oxygens (including phenoxy) is 3. The van der Waals surface area contributed by atoms with Gasteiger partial charge in [0.15, 0.2) is 0 Å². The first-order valence-corrected chi connectivity index (χ1v) is 8.83. The number of hydrogen-bond acceptors (Lipinski definition) is 4. The van der Waals surface area contributed by atoms with Crippen molar-refractivity contribution in [3.05, 3.63) is 48.7 Å². The highest BCUT2D eigenvalue weighted by Gasteiger charge is 2.19. The quantitative estimate of drug-likeness (QED) is 0.677. The Hall–Kier alpha value is -3.15. The molecule has 0 fully saturated rings. The average molecular weight is 368 g/mol. The van der Waals surface area contributed by atoms with Crippen LogP contribution >= 0.6 is 0 Å². The second-order valence-corrected chi connectivity index (χ2v) is 6.11. The monoisotopic (exact) mass is 368 g/mol. The Labute approximate surface area is 158 Å². The Balaban J connectivity index is 1.84. The molecule has 1 unspecified atom stereocenters. The highest BCUT2D eigenvalue weighted by atomic mass is 16.5. The third-order valence-electron chi connectivity index (χ3n) is 4.46. The van der Waals surface area contributed by atoms with E-state index in [0.29, 0.717) is 18.1 Å². The van der Waals surface area contributed by atoms with Crippen LogP contribution in [0.4, 0.5) is 5.69 Å². The van der Waals surface area contributed by atoms with Gasteiger partial charge in [-0.1, -0.05) is 0 Å². The molecule has 1 heterocycles. The van der Waals surface area contributed by atoms with E-state index in [-0.39, 0.29) is 5.91 Å². The van der Waals surface area contributed by atoms with Gasteiger partial charge < -0.3 is 24.1 Å². The van der Waals surface area contributed by atoms with E-state index >= 15 is 0 Å². The van der Waals surface area contributed by atoms with Crippen LogP contribution in [0.1, 0.15) is 19.9 Å². The number of nitrogens with one attached hydrogen (secondary N) is 1. The number of fused-ring (bicyclic) bond motifs is 1. The third kappa shape index (κ3) is 3.84. The number of amides is 1. The molecule has 3 aromatic rings. The lowest BCUT2D eigenvalue weighted by molar-refractivity contribution is -0.118. The normalized spacial score (nSPS) is 11.9. The summed E-state index contributed by atoms with van der Waals surface area (Å²) in [6, 6.07) is 12.6. The highest BCUT2D eigenvalue weighted by Crippen LogP contribution is 2.33. The SMILES string of the molecule is CCOc1ccc(NC(=O)C(C)n2ccc3c(OC)cc(OC)cc32)cc1. The van der Waals surface area contributed by atoms with Crippen LogP contribution in [0, 0.1) is 0 Å². The van der Waals surface area contributed by atoms with Crippen molar-refractivity contribution in [3.8, 4) is 17.2 Å². The summed E-state index contributed by atoms with van der Waals surface area (Å²) in [5.74, 6) is 2.05. The number of anilines is 1. The van der Waals surface area contributed by atoms with Gasteiger partial charge in [0.1, 0.15) is 23.3 Å². The Kier molecular flexibility index (Phi) is 5.54. The molecule has 0 bridgehead atoms. The van der Waals surface area contributed by atoms with Crippen LogP contribution in [0.5, 0.6) is 17.2 Å². The second kappa shape index (κ2) is 8.03. The van der Waals surface area contributed by atoms with Crippen LogP contribution in [0.25, 0.3) is 10.9 Å². The van der Waals surface area contributed by atoms with E-state index in [4.69, 9.17) is 14.2 Å². The van der Waals surface area contributed by atoms with Crippen LogP contribution in [0.2, 0.25) is 0 Å². The Morgan fingerprint density at radius 3 is 2.44 bits per heavy atom. The van der Waals surface area contributed by atoms with Crippen molar-refractivity contribution < 1.29 is 19.0 Å². The molecule has 1 amide bonds. The molecule has 3 rings (SSSR count). The van der Waals surface area contributed by atoms with Crippen LogP contribution in [-0.2, 0) is 4.79 Å². The molecule has 1 atom stereocenters. The summed E-state index contributed by atoms with van der Waals surface area (Å²) in [7, 11) is 3.23. The minimum absolute atomic E-state index is 0.113. The van der Waals surface area contributed by atoms with Crippen molar-refractivity contribution >= 4 is 22.5 Å². The van der Waals surface area contributed by atoms with Crippen LogP contribution in [-0.4, -0.2) is 31.3 Å². The van der Waals surface area contributed by atoms with E-state index < -0.39 is 6.04 Å². The molecule has 27 heavy (non-hydrogen) atoms. The summed E-state index contributed by atoms with van der Waals surface area (Å²) in [5.41, 5.74) is 1.60. The Morgan fingerprint density at radius 1 is 1.07 bits per heavy atom. The predicted molar refractivity (Wildman–Crippen MR) is 106 cm³/mol. The molecule has 1 N–H and O–H groups in total. The predicted octanol–water partition coefficient (Wildman–Crippen LogP) is 4.26. The molecular formula is C21H24N2O4. The van der Waals surface area contributed by atoms with Crippen molar-refractivity contribution in [2.75, 3.05) is 26.1 Å². The topological polar surface area (TPSA) is 61.7 Å². The van der Waals surface area contributed by atoms with Gasteiger partial charge in [-0.3, -0.25) is 4.79 Å². The van der Waals surface area contributed by atoms with Crippen molar-refractivity contribution in [1.29, 1.82) is 0 Å². The smallest absolute Gasteiger partial charge is 0.247 e. The van der Waals surface area contributed by atoms with E-state index in [1.165, 1.54) is 0 Å². The van der Waals surface area contributed by atoms with Gasteiger partial charge >= 0.3 is 0 Å². The molecule has 0 saturated carbocycles. The van der Waals surface area contributed by atoms with E-state index in [1.807, 2.05) is 67.1 Å². The first-order chi connectivity index (χ1) is 13.1. The fourth-order valence-corrected chi connectivity index (χ4v) is 3.00. The zero-order valence-electron chi connectivity index (χ0n) is 16.0. The lowest BCUT2D eigenvalue weighted by Gasteiger charge is -2.16. The summed E-state index contributed by atoms with van der Waals surface area (Å²) in [4.78, 5) is 12.7. The fourth-order valence-electron chi connectivity index (χ4n) is 3.00. The molecule has 0 aliphatic rings. The van der Waals surface area contributed by atoms with Gasteiger partial charge in [0.2, 0.25) is 5.91 Å². The number of nitrogens with zero attached hydrogens (tertiary/aromatic N) is 1. The molecule has 2 aromatic carbocycles. The third-order valence-corrected chi connectivity index (χ3v) is 4.46. The lowest BCUT2D eigenvalue weighted by Crippen LogP contribution is -2.23. The maximum Gasteiger partial charge on any atom is 0.247 e. The molecule has 6 nitrogen and oxygen atoms in total. The van der Waals surface area contributed by atoms with Gasteiger partial charge in [0, 0.05) is 29.4 Å². The Morgan fingerprint density at radius 2 is 1.81 bits per heavy atom. The van der Waals surface area contributed by atoms with Gasteiger partial charge in [-0.25, -0.2) is 0 Å². The maximum absolute atomic E-state index is 12.7.